The molecule has 0 aliphatic heterocycles. The third kappa shape index (κ3) is 2.05. The third-order valence-electron chi connectivity index (χ3n) is 2.76. The van der Waals surface area contributed by atoms with Crippen molar-refractivity contribution in [2.24, 2.45) is 0 Å². The van der Waals surface area contributed by atoms with Crippen LogP contribution in [-0.2, 0) is 15.3 Å². The van der Waals surface area contributed by atoms with Crippen LogP contribution in [0.4, 0.5) is 0 Å². The first-order valence-corrected chi connectivity index (χ1v) is 5.44. The molecule has 2 aromatic rings. The van der Waals surface area contributed by atoms with Gasteiger partial charge in [0, 0.05) is 26.0 Å². The minimum absolute atomic E-state index is 0.443. The standard InChI is InChI=1S/C13H14N2O3/c1-17-13(18-2,10-6-4-3-5-7-10)11-8-9-14-12(16)15-11/h3-9H,1-2H3,(H,14,15,16). The van der Waals surface area contributed by atoms with Crippen LogP contribution in [0.25, 0.3) is 0 Å². The van der Waals surface area contributed by atoms with E-state index in [9.17, 15) is 4.79 Å². The van der Waals surface area contributed by atoms with Crippen LogP contribution in [0.2, 0.25) is 0 Å². The number of hydrogen-bond donors (Lipinski definition) is 1. The van der Waals surface area contributed by atoms with Gasteiger partial charge in [0.1, 0.15) is 0 Å². The van der Waals surface area contributed by atoms with E-state index >= 15 is 0 Å². The van der Waals surface area contributed by atoms with E-state index in [-0.39, 0.29) is 0 Å². The summed E-state index contributed by atoms with van der Waals surface area (Å²) in [7, 11) is 3.05. The van der Waals surface area contributed by atoms with Crippen LogP contribution in [-0.4, -0.2) is 24.2 Å². The average molecular weight is 246 g/mol. The van der Waals surface area contributed by atoms with Crippen molar-refractivity contribution in [3.8, 4) is 0 Å². The first-order valence-electron chi connectivity index (χ1n) is 5.44. The second kappa shape index (κ2) is 5.12. The Kier molecular flexibility index (Phi) is 3.55. The van der Waals surface area contributed by atoms with E-state index < -0.39 is 11.5 Å². The molecule has 94 valence electrons. The fourth-order valence-electron chi connectivity index (χ4n) is 1.91. The molecule has 5 heteroatoms. The SMILES string of the molecule is COC(OC)(c1ccccc1)c1ccnc(=O)[nH]1. The summed E-state index contributed by atoms with van der Waals surface area (Å²) in [5.74, 6) is -1.14. The quantitative estimate of drug-likeness (QED) is 0.825. The Morgan fingerprint density at radius 2 is 1.78 bits per heavy atom. The lowest BCUT2D eigenvalue weighted by molar-refractivity contribution is -0.186. The van der Waals surface area contributed by atoms with Crippen LogP contribution in [0.1, 0.15) is 11.3 Å². The summed E-state index contributed by atoms with van der Waals surface area (Å²) in [5.41, 5.74) is 0.845. The molecule has 0 amide bonds. The molecular weight excluding hydrogens is 232 g/mol. The summed E-state index contributed by atoms with van der Waals surface area (Å²) in [6.07, 6.45) is 1.42. The minimum atomic E-state index is -1.14. The Labute approximate surface area is 104 Å². The molecule has 0 radical (unpaired) electrons. The molecule has 0 saturated carbocycles. The summed E-state index contributed by atoms with van der Waals surface area (Å²) in [5, 5.41) is 0. The molecule has 1 aromatic carbocycles. The van der Waals surface area contributed by atoms with Gasteiger partial charge >= 0.3 is 5.69 Å². The number of ether oxygens (including phenoxy) is 2. The lowest BCUT2D eigenvalue weighted by atomic mass is 10.0. The molecule has 5 nitrogen and oxygen atoms in total. The second-order valence-corrected chi connectivity index (χ2v) is 3.68. The second-order valence-electron chi connectivity index (χ2n) is 3.68. The maximum Gasteiger partial charge on any atom is 0.345 e. The number of aromatic amines is 1. The molecular formula is C13H14N2O3. The van der Waals surface area contributed by atoms with Gasteiger partial charge in [0.15, 0.2) is 0 Å². The van der Waals surface area contributed by atoms with Crippen molar-refractivity contribution < 1.29 is 9.47 Å². The van der Waals surface area contributed by atoms with Gasteiger partial charge in [0.2, 0.25) is 5.79 Å². The highest BCUT2D eigenvalue weighted by Crippen LogP contribution is 2.31. The fourth-order valence-corrected chi connectivity index (χ4v) is 1.91. The van der Waals surface area contributed by atoms with Crippen molar-refractivity contribution in [1.29, 1.82) is 0 Å². The lowest BCUT2D eigenvalue weighted by Gasteiger charge is -2.30. The van der Waals surface area contributed by atoms with Gasteiger partial charge in [-0.15, -0.1) is 0 Å². The maximum absolute atomic E-state index is 11.3. The molecule has 0 bridgehead atoms. The maximum atomic E-state index is 11.3. The molecule has 0 saturated heterocycles. The molecule has 0 aliphatic rings. The van der Waals surface area contributed by atoms with E-state index in [1.54, 1.807) is 6.07 Å². The number of H-pyrrole nitrogens is 1. The molecule has 0 spiro atoms. The molecule has 18 heavy (non-hydrogen) atoms. The van der Waals surface area contributed by atoms with Crippen molar-refractivity contribution in [3.63, 3.8) is 0 Å². The molecule has 1 heterocycles. The van der Waals surface area contributed by atoms with E-state index in [2.05, 4.69) is 9.97 Å². The number of benzene rings is 1. The highest BCUT2D eigenvalue weighted by Gasteiger charge is 2.35. The normalized spacial score (nSPS) is 11.4. The Hall–Kier alpha value is -1.98. The minimum Gasteiger partial charge on any atom is -0.344 e. The van der Waals surface area contributed by atoms with E-state index in [1.807, 2.05) is 30.3 Å². The van der Waals surface area contributed by atoms with Crippen LogP contribution < -0.4 is 5.69 Å². The Morgan fingerprint density at radius 1 is 1.11 bits per heavy atom. The predicted molar refractivity (Wildman–Crippen MR) is 66.1 cm³/mol. The fraction of sp³-hybridized carbons (Fsp3) is 0.231. The van der Waals surface area contributed by atoms with Gasteiger partial charge in [-0.2, -0.15) is 0 Å². The summed E-state index contributed by atoms with van der Waals surface area (Å²) >= 11 is 0. The smallest absolute Gasteiger partial charge is 0.344 e. The molecule has 0 unspecified atom stereocenters. The van der Waals surface area contributed by atoms with E-state index in [4.69, 9.17) is 9.47 Å². The predicted octanol–water partition coefficient (Wildman–Crippen LogP) is 1.26. The first kappa shape index (κ1) is 12.5. The number of hydrogen-bond acceptors (Lipinski definition) is 4. The molecule has 0 atom stereocenters. The van der Waals surface area contributed by atoms with Crippen molar-refractivity contribution in [2.75, 3.05) is 14.2 Å². The summed E-state index contributed by atoms with van der Waals surface area (Å²) in [6, 6.07) is 11.0. The van der Waals surface area contributed by atoms with Gasteiger partial charge in [-0.05, 0) is 6.07 Å². The van der Waals surface area contributed by atoms with Crippen molar-refractivity contribution in [1.82, 2.24) is 9.97 Å². The van der Waals surface area contributed by atoms with Crippen LogP contribution in [0.15, 0.2) is 47.4 Å². The van der Waals surface area contributed by atoms with Crippen molar-refractivity contribution >= 4 is 0 Å². The summed E-state index contributed by atoms with van der Waals surface area (Å²) in [6.45, 7) is 0. The number of rotatable bonds is 4. The summed E-state index contributed by atoms with van der Waals surface area (Å²) in [4.78, 5) is 17.5. The van der Waals surface area contributed by atoms with Crippen LogP contribution in [0, 0.1) is 0 Å². The zero-order valence-corrected chi connectivity index (χ0v) is 10.2. The van der Waals surface area contributed by atoms with Gasteiger partial charge in [0.05, 0.1) is 5.69 Å². The molecule has 0 fully saturated rings. The average Bonchev–Trinajstić information content (AvgIpc) is 2.42. The van der Waals surface area contributed by atoms with Gasteiger partial charge in [-0.1, -0.05) is 30.3 Å². The van der Waals surface area contributed by atoms with E-state index in [1.165, 1.54) is 20.4 Å². The van der Waals surface area contributed by atoms with Crippen molar-refractivity contribution in [3.05, 3.63) is 64.3 Å². The Bertz CT molecular complexity index is 562. The number of nitrogens with zero attached hydrogens (tertiary/aromatic N) is 1. The molecule has 0 aliphatic carbocycles. The zero-order valence-electron chi connectivity index (χ0n) is 10.2. The zero-order chi connectivity index (χ0) is 13.0. The molecule has 1 N–H and O–H groups in total. The first-order chi connectivity index (χ1) is 8.73. The Balaban J connectivity index is 2.61. The number of nitrogens with one attached hydrogen (secondary N) is 1. The summed E-state index contributed by atoms with van der Waals surface area (Å²) < 4.78 is 11.0. The van der Waals surface area contributed by atoms with Gasteiger partial charge in [-0.25, -0.2) is 9.78 Å². The third-order valence-corrected chi connectivity index (χ3v) is 2.76. The van der Waals surface area contributed by atoms with Crippen LogP contribution >= 0.6 is 0 Å². The van der Waals surface area contributed by atoms with Crippen molar-refractivity contribution in [2.45, 2.75) is 5.79 Å². The number of aromatic nitrogens is 2. The lowest BCUT2D eigenvalue weighted by Crippen LogP contribution is -2.35. The topological polar surface area (TPSA) is 64.2 Å². The van der Waals surface area contributed by atoms with Gasteiger partial charge in [-0.3, -0.25) is 0 Å². The monoisotopic (exact) mass is 246 g/mol. The van der Waals surface area contributed by atoms with Crippen LogP contribution in [0.5, 0.6) is 0 Å². The van der Waals surface area contributed by atoms with Gasteiger partial charge < -0.3 is 14.5 Å². The highest BCUT2D eigenvalue weighted by atomic mass is 16.7. The molecule has 1 aromatic heterocycles. The molecule has 2 rings (SSSR count). The Morgan fingerprint density at radius 3 is 2.33 bits per heavy atom. The van der Waals surface area contributed by atoms with E-state index in [0.717, 1.165) is 5.56 Å². The number of methoxy groups -OCH3 is 2. The van der Waals surface area contributed by atoms with Gasteiger partial charge in [0.25, 0.3) is 0 Å². The highest BCUT2D eigenvalue weighted by molar-refractivity contribution is 5.29. The van der Waals surface area contributed by atoms with Crippen LogP contribution in [0.3, 0.4) is 0 Å². The largest absolute Gasteiger partial charge is 0.345 e. The van der Waals surface area contributed by atoms with E-state index in [0.29, 0.717) is 5.69 Å².